The Kier molecular flexibility index (Phi) is 5.08. The fourth-order valence-corrected chi connectivity index (χ4v) is 6.38. The lowest BCUT2D eigenvalue weighted by Gasteiger charge is -2.20. The summed E-state index contributed by atoms with van der Waals surface area (Å²) in [6.45, 7) is 4.52. The molecule has 2 aliphatic carbocycles. The van der Waals surface area contributed by atoms with Crippen LogP contribution in [0, 0.1) is 17.4 Å². The lowest BCUT2D eigenvalue weighted by Crippen LogP contribution is -2.20. The maximum absolute atomic E-state index is 2.49. The molecular weight excluding hydrogens is 444 g/mol. The summed E-state index contributed by atoms with van der Waals surface area (Å²) < 4.78 is 0. The summed E-state index contributed by atoms with van der Waals surface area (Å²) in [5.74, 6) is 0.203. The molecule has 176 valence electrons. The highest BCUT2D eigenvalue weighted by Crippen LogP contribution is 2.42. The van der Waals surface area contributed by atoms with Crippen molar-refractivity contribution in [2.24, 2.45) is 0 Å². The molecule has 0 nitrogen and oxygen atoms in total. The maximum Gasteiger partial charge on any atom is 0.0296 e. The zero-order valence-corrected chi connectivity index (χ0v) is 21.2. The van der Waals surface area contributed by atoms with Crippen LogP contribution in [0.4, 0.5) is 0 Å². The Hall–Kier alpha value is -4.42. The Balaban J connectivity index is 1.69. The van der Waals surface area contributed by atoms with Gasteiger partial charge in [0.1, 0.15) is 0 Å². The highest BCUT2D eigenvalue weighted by atomic mass is 14.3. The van der Waals surface area contributed by atoms with Gasteiger partial charge in [0, 0.05) is 5.92 Å². The van der Waals surface area contributed by atoms with Crippen LogP contribution < -0.4 is 10.4 Å². The fourth-order valence-electron chi connectivity index (χ4n) is 6.38. The second kappa shape index (κ2) is 8.61. The van der Waals surface area contributed by atoms with Crippen LogP contribution in [0.1, 0.15) is 51.8 Å². The average molecular weight is 473 g/mol. The van der Waals surface area contributed by atoms with Gasteiger partial charge in [0.05, 0.1) is 0 Å². The highest BCUT2D eigenvalue weighted by molar-refractivity contribution is 5.83. The Morgan fingerprint density at radius 1 is 0.568 bits per heavy atom. The van der Waals surface area contributed by atoms with Crippen LogP contribution >= 0.6 is 0 Å². The number of allylic oxidation sites excluding steroid dienone is 2. The van der Waals surface area contributed by atoms with Crippen molar-refractivity contribution < 1.29 is 0 Å². The van der Waals surface area contributed by atoms with Gasteiger partial charge in [-0.3, -0.25) is 0 Å². The fraction of sp³-hybridized carbons (Fsp3) is 0.0811. The molecule has 0 spiro atoms. The molecule has 7 rings (SSSR count). The number of aryl methyl sites for hydroxylation is 1. The number of rotatable bonds is 3. The number of hydrogen-bond donors (Lipinski definition) is 0. The van der Waals surface area contributed by atoms with E-state index in [0.29, 0.717) is 0 Å². The third kappa shape index (κ3) is 3.44. The Bertz CT molecular complexity index is 1880. The van der Waals surface area contributed by atoms with E-state index in [4.69, 9.17) is 0 Å². The standard InChI is InChI=1S/C37H28/c1-24-12-11-19-29-25(2)22-34(35(24)29)37-32(21-20-31-30-18-10-9-17-28(30)23-33(31)37)36(26-13-5-3-6-14-26)27-15-7-4-8-16-27/h3-23,34H,1-2H3. The van der Waals surface area contributed by atoms with Crippen molar-refractivity contribution in [2.75, 3.05) is 0 Å². The lowest BCUT2D eigenvalue weighted by molar-refractivity contribution is 1.01. The molecule has 0 radical (unpaired) electrons. The number of hydrogen-bond acceptors (Lipinski definition) is 0. The molecule has 0 saturated heterocycles. The molecule has 1 atom stereocenters. The summed E-state index contributed by atoms with van der Waals surface area (Å²) in [6.07, 6.45) is 4.90. The minimum atomic E-state index is 0.203. The summed E-state index contributed by atoms with van der Waals surface area (Å²) >= 11 is 0. The Morgan fingerprint density at radius 3 is 1.97 bits per heavy atom. The molecule has 0 amide bonds. The minimum absolute atomic E-state index is 0.203. The van der Waals surface area contributed by atoms with Crippen LogP contribution in [0.15, 0.2) is 121 Å². The molecule has 2 aliphatic rings. The van der Waals surface area contributed by atoms with E-state index >= 15 is 0 Å². The minimum Gasteiger partial charge on any atom is -0.0690 e. The summed E-state index contributed by atoms with van der Waals surface area (Å²) in [4.78, 5) is 0. The molecule has 0 N–H and O–H groups in total. The van der Waals surface area contributed by atoms with Gasteiger partial charge in [-0.05, 0) is 90.9 Å². The van der Waals surface area contributed by atoms with Crippen LogP contribution in [-0.2, 0) is 0 Å². The van der Waals surface area contributed by atoms with E-state index in [1.54, 1.807) is 0 Å². The van der Waals surface area contributed by atoms with Gasteiger partial charge in [-0.2, -0.15) is 0 Å². The highest BCUT2D eigenvalue weighted by Gasteiger charge is 2.28. The predicted molar refractivity (Wildman–Crippen MR) is 155 cm³/mol. The molecule has 37 heavy (non-hydrogen) atoms. The SMILES string of the molecule is CC1=CC(c2c3c(ccc2=C(c2ccccc2)c2ccccc2)=c2ccccc2=C3)c2c(C)cccc21. The first-order chi connectivity index (χ1) is 18.2. The second-order valence-corrected chi connectivity index (χ2v) is 10.2. The van der Waals surface area contributed by atoms with Gasteiger partial charge >= 0.3 is 0 Å². The van der Waals surface area contributed by atoms with Crippen LogP contribution in [-0.4, -0.2) is 0 Å². The first kappa shape index (κ1) is 21.8. The first-order valence-corrected chi connectivity index (χ1v) is 13.1. The van der Waals surface area contributed by atoms with Crippen LogP contribution in [0.3, 0.4) is 0 Å². The molecule has 0 saturated carbocycles. The largest absolute Gasteiger partial charge is 0.0690 e. The third-order valence-electron chi connectivity index (χ3n) is 8.02. The van der Waals surface area contributed by atoms with E-state index in [2.05, 4.69) is 141 Å². The molecule has 0 fully saturated rings. The molecule has 0 heteroatoms. The lowest BCUT2D eigenvalue weighted by atomic mass is 9.83. The van der Waals surface area contributed by atoms with E-state index in [1.807, 2.05) is 0 Å². The number of fused-ring (bicyclic) bond motifs is 3. The van der Waals surface area contributed by atoms with Crippen molar-refractivity contribution in [2.45, 2.75) is 19.8 Å². The third-order valence-corrected chi connectivity index (χ3v) is 8.02. The monoisotopic (exact) mass is 472 g/mol. The van der Waals surface area contributed by atoms with Gasteiger partial charge in [-0.1, -0.05) is 121 Å². The van der Waals surface area contributed by atoms with Gasteiger partial charge in [0.2, 0.25) is 0 Å². The van der Waals surface area contributed by atoms with Crippen molar-refractivity contribution in [3.05, 3.63) is 181 Å². The normalized spacial score (nSPS) is 14.9. The van der Waals surface area contributed by atoms with Gasteiger partial charge in [-0.15, -0.1) is 0 Å². The van der Waals surface area contributed by atoms with Gasteiger partial charge < -0.3 is 0 Å². The predicted octanol–water partition coefficient (Wildman–Crippen LogP) is 7.22. The summed E-state index contributed by atoms with van der Waals surface area (Å²) in [7, 11) is 0. The van der Waals surface area contributed by atoms with Crippen LogP contribution in [0.2, 0.25) is 0 Å². The van der Waals surface area contributed by atoms with Crippen molar-refractivity contribution in [3.63, 3.8) is 0 Å². The maximum atomic E-state index is 2.49. The van der Waals surface area contributed by atoms with E-state index < -0.39 is 0 Å². The van der Waals surface area contributed by atoms with Crippen LogP contribution in [0.25, 0.3) is 17.2 Å². The van der Waals surface area contributed by atoms with Crippen molar-refractivity contribution >= 4 is 17.2 Å². The molecule has 5 aromatic rings. The molecule has 0 bridgehead atoms. The second-order valence-electron chi connectivity index (χ2n) is 10.2. The van der Waals surface area contributed by atoms with Crippen LogP contribution in [0.5, 0.6) is 0 Å². The summed E-state index contributed by atoms with van der Waals surface area (Å²) in [6, 6.07) is 42.0. The smallest absolute Gasteiger partial charge is 0.0296 e. The molecule has 0 aliphatic heterocycles. The van der Waals surface area contributed by atoms with Gasteiger partial charge in [0.25, 0.3) is 0 Å². The van der Waals surface area contributed by atoms with Gasteiger partial charge in [0.15, 0.2) is 0 Å². The van der Waals surface area contributed by atoms with Crippen molar-refractivity contribution in [3.8, 4) is 0 Å². The first-order valence-electron chi connectivity index (χ1n) is 13.1. The van der Waals surface area contributed by atoms with Gasteiger partial charge in [-0.25, -0.2) is 0 Å². The molecule has 0 heterocycles. The Labute approximate surface area is 217 Å². The van der Waals surface area contributed by atoms with E-state index in [0.717, 1.165) is 0 Å². The Morgan fingerprint density at radius 2 is 1.24 bits per heavy atom. The molecule has 5 aromatic carbocycles. The summed E-state index contributed by atoms with van der Waals surface area (Å²) in [5, 5.41) is 5.28. The quantitative estimate of drug-likeness (QED) is 0.255. The number of benzene rings is 5. The van der Waals surface area contributed by atoms with E-state index in [1.165, 1.54) is 71.0 Å². The van der Waals surface area contributed by atoms with Crippen molar-refractivity contribution in [1.29, 1.82) is 0 Å². The van der Waals surface area contributed by atoms with E-state index in [9.17, 15) is 0 Å². The molecule has 0 aromatic heterocycles. The van der Waals surface area contributed by atoms with E-state index in [-0.39, 0.29) is 5.92 Å². The average Bonchev–Trinajstić information content (AvgIpc) is 3.48. The zero-order valence-electron chi connectivity index (χ0n) is 21.2. The topological polar surface area (TPSA) is 0 Å². The molecule has 1 unspecified atom stereocenters. The molecular formula is C37H28. The van der Waals surface area contributed by atoms with Crippen molar-refractivity contribution in [1.82, 2.24) is 0 Å². The summed E-state index contributed by atoms with van der Waals surface area (Å²) in [5.41, 5.74) is 12.1. The zero-order chi connectivity index (χ0) is 24.9.